The van der Waals surface area contributed by atoms with Crippen LogP contribution in [0.1, 0.15) is 29.2 Å². The average Bonchev–Trinajstić information content (AvgIpc) is 3.26. The van der Waals surface area contributed by atoms with Crippen molar-refractivity contribution in [2.45, 2.75) is 25.3 Å². The molecule has 1 N–H and O–H groups in total. The Kier molecular flexibility index (Phi) is 6.08. The second-order valence-electron chi connectivity index (χ2n) is 7.70. The first-order valence-electron chi connectivity index (χ1n) is 10.2. The Labute approximate surface area is 181 Å². The number of oxime groups is 1. The van der Waals surface area contributed by atoms with Gasteiger partial charge in [0.1, 0.15) is 0 Å². The van der Waals surface area contributed by atoms with Gasteiger partial charge in [0.15, 0.2) is 23.0 Å². The Morgan fingerprint density at radius 2 is 1.94 bits per heavy atom. The lowest BCUT2D eigenvalue weighted by Crippen LogP contribution is -2.34. The fourth-order valence-electron chi connectivity index (χ4n) is 4.38. The average molecular weight is 428 g/mol. The summed E-state index contributed by atoms with van der Waals surface area (Å²) < 4.78 is 27.7. The third-order valence-electron chi connectivity index (χ3n) is 5.97. The molecule has 2 aliphatic rings. The zero-order chi connectivity index (χ0) is 22.0. The molecule has 8 heteroatoms. The van der Waals surface area contributed by atoms with Crippen LogP contribution in [0, 0.1) is 0 Å². The Bertz CT molecular complexity index is 991. The van der Waals surface area contributed by atoms with Crippen molar-refractivity contribution in [1.82, 2.24) is 4.90 Å². The van der Waals surface area contributed by atoms with Gasteiger partial charge >= 0.3 is 0 Å². The largest absolute Gasteiger partial charge is 0.493 e. The van der Waals surface area contributed by atoms with Crippen LogP contribution < -0.4 is 23.7 Å². The molecule has 2 aromatic carbocycles. The zero-order valence-corrected chi connectivity index (χ0v) is 18.3. The van der Waals surface area contributed by atoms with Gasteiger partial charge in [-0.2, -0.15) is 0 Å². The molecule has 166 valence electrons. The van der Waals surface area contributed by atoms with Crippen LogP contribution in [0.25, 0.3) is 0 Å². The van der Waals surface area contributed by atoms with E-state index in [-0.39, 0.29) is 12.8 Å². The molecule has 0 fully saturated rings. The molecule has 8 nitrogen and oxygen atoms in total. The van der Waals surface area contributed by atoms with Crippen LogP contribution in [0.5, 0.6) is 28.7 Å². The molecule has 0 saturated heterocycles. The standard InChI is InChI=1S/C23H28N2O6/c1-25-8-7-15-11-20-22(31-13-30-20)23(29-4)21(15)17(25)12-16(24-26)9-14-5-6-18(27-2)19(10-14)28-3/h5-6,10-11,17,26H,7-9,12-13H2,1-4H3/t17-/m1/s1. The van der Waals surface area contributed by atoms with E-state index in [1.54, 1.807) is 21.3 Å². The third kappa shape index (κ3) is 3.95. The Balaban J connectivity index is 1.63. The molecule has 4 rings (SSSR count). The predicted molar refractivity (Wildman–Crippen MR) is 115 cm³/mol. The first-order chi connectivity index (χ1) is 15.1. The molecule has 0 unspecified atom stereocenters. The number of likely N-dealkylation sites (N-methyl/N-ethyl adjacent to an activating group) is 1. The number of hydrogen-bond donors (Lipinski definition) is 1. The van der Waals surface area contributed by atoms with Crippen molar-refractivity contribution in [2.24, 2.45) is 5.16 Å². The molecule has 0 spiro atoms. The molecule has 0 amide bonds. The smallest absolute Gasteiger partial charge is 0.231 e. The third-order valence-corrected chi connectivity index (χ3v) is 5.97. The van der Waals surface area contributed by atoms with Gasteiger partial charge in [0.05, 0.1) is 27.0 Å². The van der Waals surface area contributed by atoms with Crippen LogP contribution in [0.3, 0.4) is 0 Å². The van der Waals surface area contributed by atoms with Crippen LogP contribution in [0.4, 0.5) is 0 Å². The predicted octanol–water partition coefficient (Wildman–Crippen LogP) is 3.43. The molecule has 0 aromatic heterocycles. The van der Waals surface area contributed by atoms with Gasteiger partial charge in [-0.3, -0.25) is 4.90 Å². The Hall–Kier alpha value is -3.13. The van der Waals surface area contributed by atoms with Gasteiger partial charge in [-0.05, 0) is 42.8 Å². The minimum atomic E-state index is -0.0146. The molecular weight excluding hydrogens is 400 g/mol. The lowest BCUT2D eigenvalue weighted by atomic mass is 9.87. The van der Waals surface area contributed by atoms with Gasteiger partial charge in [0.2, 0.25) is 12.5 Å². The van der Waals surface area contributed by atoms with Gasteiger partial charge in [0.25, 0.3) is 0 Å². The highest BCUT2D eigenvalue weighted by Crippen LogP contribution is 2.50. The minimum absolute atomic E-state index is 0.0146. The normalized spacial score (nSPS) is 17.9. The van der Waals surface area contributed by atoms with E-state index in [0.717, 1.165) is 29.8 Å². The molecule has 2 heterocycles. The highest BCUT2D eigenvalue weighted by atomic mass is 16.7. The topological polar surface area (TPSA) is 82.0 Å². The number of fused-ring (bicyclic) bond motifs is 2. The van der Waals surface area contributed by atoms with E-state index in [2.05, 4.69) is 17.1 Å². The van der Waals surface area contributed by atoms with Crippen molar-refractivity contribution in [2.75, 3.05) is 41.7 Å². The first kappa shape index (κ1) is 21.1. The maximum atomic E-state index is 9.80. The number of nitrogens with zero attached hydrogens (tertiary/aromatic N) is 2. The van der Waals surface area contributed by atoms with Crippen molar-refractivity contribution in [3.63, 3.8) is 0 Å². The van der Waals surface area contributed by atoms with Crippen molar-refractivity contribution >= 4 is 5.71 Å². The van der Waals surface area contributed by atoms with E-state index in [0.29, 0.717) is 41.6 Å². The fourth-order valence-corrected chi connectivity index (χ4v) is 4.38. The van der Waals surface area contributed by atoms with E-state index in [4.69, 9.17) is 23.7 Å². The van der Waals surface area contributed by atoms with Gasteiger partial charge < -0.3 is 28.9 Å². The summed E-state index contributed by atoms with van der Waals surface area (Å²) in [5.41, 5.74) is 3.87. The SMILES string of the molecule is COc1ccc(CC(C[C@@H]2c3c(cc4c(c3OC)OCO4)CCN2C)=NO)cc1OC. The maximum Gasteiger partial charge on any atom is 0.231 e. The monoisotopic (exact) mass is 428 g/mol. The second-order valence-corrected chi connectivity index (χ2v) is 7.70. The Morgan fingerprint density at radius 3 is 2.65 bits per heavy atom. The maximum absolute atomic E-state index is 9.80. The van der Waals surface area contributed by atoms with Crippen molar-refractivity contribution in [3.05, 3.63) is 41.0 Å². The first-order valence-corrected chi connectivity index (χ1v) is 10.2. The molecular formula is C23H28N2O6. The molecule has 0 bridgehead atoms. The van der Waals surface area contributed by atoms with Crippen LogP contribution in [-0.4, -0.2) is 57.5 Å². The highest BCUT2D eigenvalue weighted by Gasteiger charge is 2.34. The fraction of sp³-hybridized carbons (Fsp3) is 0.435. The Morgan fingerprint density at radius 1 is 1.13 bits per heavy atom. The summed E-state index contributed by atoms with van der Waals surface area (Å²) in [7, 11) is 6.93. The van der Waals surface area contributed by atoms with E-state index in [1.807, 2.05) is 24.3 Å². The summed E-state index contributed by atoms with van der Waals surface area (Å²) in [6.45, 7) is 1.08. The number of methoxy groups -OCH3 is 3. The molecule has 2 aromatic rings. The van der Waals surface area contributed by atoms with Crippen LogP contribution >= 0.6 is 0 Å². The van der Waals surface area contributed by atoms with Crippen molar-refractivity contribution in [1.29, 1.82) is 0 Å². The summed E-state index contributed by atoms with van der Waals surface area (Å²) in [5.74, 6) is 3.37. The molecule has 0 aliphatic carbocycles. The summed E-state index contributed by atoms with van der Waals surface area (Å²) >= 11 is 0. The quantitative estimate of drug-likeness (QED) is 0.411. The van der Waals surface area contributed by atoms with Gasteiger partial charge in [-0.15, -0.1) is 0 Å². The highest BCUT2D eigenvalue weighted by molar-refractivity contribution is 5.87. The van der Waals surface area contributed by atoms with E-state index >= 15 is 0 Å². The lowest BCUT2D eigenvalue weighted by Gasteiger charge is -2.36. The van der Waals surface area contributed by atoms with Gasteiger partial charge in [-0.25, -0.2) is 0 Å². The number of hydrogen-bond acceptors (Lipinski definition) is 8. The minimum Gasteiger partial charge on any atom is -0.493 e. The number of benzene rings is 2. The van der Waals surface area contributed by atoms with Crippen molar-refractivity contribution in [3.8, 4) is 28.7 Å². The second kappa shape index (κ2) is 8.93. The van der Waals surface area contributed by atoms with Crippen LogP contribution in [0.15, 0.2) is 29.4 Å². The van der Waals surface area contributed by atoms with E-state index in [1.165, 1.54) is 5.56 Å². The summed E-state index contributed by atoms with van der Waals surface area (Å²) in [5, 5.41) is 13.4. The molecule has 0 radical (unpaired) electrons. The lowest BCUT2D eigenvalue weighted by molar-refractivity contribution is 0.170. The van der Waals surface area contributed by atoms with Gasteiger partial charge in [0, 0.05) is 31.0 Å². The summed E-state index contributed by atoms with van der Waals surface area (Å²) in [4.78, 5) is 2.26. The number of ether oxygens (including phenoxy) is 5. The number of rotatable bonds is 7. The summed E-state index contributed by atoms with van der Waals surface area (Å²) in [6, 6.07) is 7.74. The van der Waals surface area contributed by atoms with E-state index in [9.17, 15) is 5.21 Å². The molecule has 2 aliphatic heterocycles. The zero-order valence-electron chi connectivity index (χ0n) is 18.3. The van der Waals surface area contributed by atoms with Crippen molar-refractivity contribution < 1.29 is 28.9 Å². The molecule has 31 heavy (non-hydrogen) atoms. The molecule has 0 saturated carbocycles. The molecule has 1 atom stereocenters. The van der Waals surface area contributed by atoms with Crippen LogP contribution in [0.2, 0.25) is 0 Å². The van der Waals surface area contributed by atoms with Gasteiger partial charge in [-0.1, -0.05) is 11.2 Å². The van der Waals surface area contributed by atoms with E-state index < -0.39 is 0 Å². The van der Waals surface area contributed by atoms with Crippen LogP contribution in [-0.2, 0) is 12.8 Å². The summed E-state index contributed by atoms with van der Waals surface area (Å²) in [6.07, 6.45) is 1.92.